The minimum atomic E-state index is -5.63. The summed E-state index contributed by atoms with van der Waals surface area (Å²) in [4.78, 5) is 10.1. The molecule has 2 nitrogen and oxygen atoms in total. The second-order valence-corrected chi connectivity index (χ2v) is 2.76. The lowest BCUT2D eigenvalue weighted by molar-refractivity contribution is -0.247. The molecule has 1 unspecified atom stereocenters. The Morgan fingerprint density at radius 2 is 1.73 bits per heavy atom. The van der Waals surface area contributed by atoms with Gasteiger partial charge in [-0.1, -0.05) is 0 Å². The second kappa shape index (κ2) is 4.71. The van der Waals surface area contributed by atoms with Gasteiger partial charge in [-0.05, 0) is 0 Å². The average Bonchev–Trinajstić information content (AvgIpc) is 2.00. The molecule has 8 heteroatoms. The number of rotatable bonds is 4. The molecule has 0 aliphatic rings. The second-order valence-electron chi connectivity index (χ2n) is 2.76. The Labute approximate surface area is 81.2 Å². The zero-order valence-corrected chi connectivity index (χ0v) is 7.58. The van der Waals surface area contributed by atoms with Gasteiger partial charge in [-0.15, -0.1) is 0 Å². The minimum absolute atomic E-state index is 0.898. The fraction of sp³-hybridized carbons (Fsp3) is 0.857. The van der Waals surface area contributed by atoms with Crippen molar-refractivity contribution in [2.24, 2.45) is 0 Å². The van der Waals surface area contributed by atoms with E-state index in [4.69, 9.17) is 0 Å². The monoisotopic (exact) mass is 238 g/mol. The Morgan fingerprint density at radius 3 is 2.07 bits per heavy atom. The third kappa shape index (κ3) is 4.89. The Balaban J connectivity index is 4.23. The molecule has 0 rings (SSSR count). The van der Waals surface area contributed by atoms with Crippen LogP contribution in [0.4, 0.5) is 26.3 Å². The van der Waals surface area contributed by atoms with Crippen LogP contribution in [0.5, 0.6) is 0 Å². The lowest BCUT2D eigenvalue weighted by Gasteiger charge is -2.22. The number of alkyl halides is 6. The summed E-state index contributed by atoms with van der Waals surface area (Å²) < 4.78 is 75.8. The molecule has 0 fully saturated rings. The van der Waals surface area contributed by atoms with Gasteiger partial charge in [-0.25, -0.2) is 13.2 Å². The molecule has 0 N–H and O–H groups in total. The van der Waals surface area contributed by atoms with E-state index in [2.05, 4.69) is 4.74 Å². The van der Waals surface area contributed by atoms with Crippen molar-refractivity contribution in [3.8, 4) is 0 Å². The van der Waals surface area contributed by atoms with Gasteiger partial charge < -0.3 is 4.74 Å². The number of halogens is 6. The Hall–Kier alpha value is -0.950. The van der Waals surface area contributed by atoms with Crippen LogP contribution in [0.15, 0.2) is 0 Å². The van der Waals surface area contributed by atoms with Gasteiger partial charge in [0.05, 0.1) is 6.61 Å². The molecule has 1 atom stereocenters. The zero-order chi connectivity index (χ0) is 12.3. The largest absolute Gasteiger partial charge is 0.466 e. The SMILES string of the molecule is CC(=O)OCCC(F)(F)C(F)C(F)(F)F. The summed E-state index contributed by atoms with van der Waals surface area (Å²) >= 11 is 0. The maximum Gasteiger partial charge on any atom is 0.425 e. The van der Waals surface area contributed by atoms with Gasteiger partial charge in [0.25, 0.3) is 12.1 Å². The first-order valence-electron chi connectivity index (χ1n) is 3.79. The lowest BCUT2D eigenvalue weighted by atomic mass is 10.1. The van der Waals surface area contributed by atoms with Crippen LogP contribution in [-0.2, 0) is 9.53 Å². The molecule has 90 valence electrons. The molecule has 0 aliphatic carbocycles. The van der Waals surface area contributed by atoms with Gasteiger partial charge in [0.15, 0.2) is 0 Å². The van der Waals surface area contributed by atoms with E-state index in [1.54, 1.807) is 0 Å². The van der Waals surface area contributed by atoms with Crippen molar-refractivity contribution in [3.63, 3.8) is 0 Å². The molecule has 0 aromatic heterocycles. The summed E-state index contributed by atoms with van der Waals surface area (Å²) in [7, 11) is 0. The van der Waals surface area contributed by atoms with Crippen molar-refractivity contribution >= 4 is 5.97 Å². The Morgan fingerprint density at radius 1 is 1.27 bits per heavy atom. The van der Waals surface area contributed by atoms with Crippen molar-refractivity contribution < 1.29 is 35.9 Å². The van der Waals surface area contributed by atoms with Crippen molar-refractivity contribution in [1.82, 2.24) is 0 Å². The highest BCUT2D eigenvalue weighted by Gasteiger charge is 2.56. The summed E-state index contributed by atoms with van der Waals surface area (Å²) in [5.74, 6) is -5.51. The number of esters is 1. The van der Waals surface area contributed by atoms with E-state index in [0.29, 0.717) is 0 Å². The van der Waals surface area contributed by atoms with Gasteiger partial charge in [-0.3, -0.25) is 4.79 Å². The topological polar surface area (TPSA) is 26.3 Å². The van der Waals surface area contributed by atoms with Crippen LogP contribution in [0, 0.1) is 0 Å². The molecule has 0 saturated carbocycles. The summed E-state index contributed by atoms with van der Waals surface area (Å²) in [6.07, 6.45) is -11.4. The fourth-order valence-corrected chi connectivity index (χ4v) is 0.697. The summed E-state index contributed by atoms with van der Waals surface area (Å²) in [6, 6.07) is 0. The molecule has 0 aliphatic heterocycles. The lowest BCUT2D eigenvalue weighted by Crippen LogP contribution is -2.42. The van der Waals surface area contributed by atoms with Crippen LogP contribution in [0.1, 0.15) is 13.3 Å². The zero-order valence-electron chi connectivity index (χ0n) is 7.58. The highest BCUT2D eigenvalue weighted by Crippen LogP contribution is 2.36. The smallest absolute Gasteiger partial charge is 0.425 e. The first kappa shape index (κ1) is 14.0. The number of hydrogen-bond donors (Lipinski definition) is 0. The van der Waals surface area contributed by atoms with E-state index >= 15 is 0 Å². The number of carbonyl (C=O) groups is 1. The predicted octanol–water partition coefficient (Wildman–Crippen LogP) is 2.48. The van der Waals surface area contributed by atoms with E-state index in [1.165, 1.54) is 0 Å². The molecule has 0 bridgehead atoms. The van der Waals surface area contributed by atoms with Gasteiger partial charge in [0.2, 0.25) is 0 Å². The van der Waals surface area contributed by atoms with E-state index in [1.807, 2.05) is 0 Å². The van der Waals surface area contributed by atoms with E-state index in [0.717, 1.165) is 6.92 Å². The third-order valence-corrected chi connectivity index (χ3v) is 1.40. The van der Waals surface area contributed by atoms with Crippen molar-refractivity contribution in [3.05, 3.63) is 0 Å². The van der Waals surface area contributed by atoms with Crippen LogP contribution in [0.2, 0.25) is 0 Å². The Kier molecular flexibility index (Phi) is 4.42. The van der Waals surface area contributed by atoms with Gasteiger partial charge in [-0.2, -0.15) is 13.2 Å². The highest BCUT2D eigenvalue weighted by atomic mass is 19.4. The first-order valence-corrected chi connectivity index (χ1v) is 3.79. The van der Waals surface area contributed by atoms with Gasteiger partial charge >= 0.3 is 12.1 Å². The number of hydrogen-bond acceptors (Lipinski definition) is 2. The number of ether oxygens (including phenoxy) is 1. The normalized spacial score (nSPS) is 14.9. The first-order chi connectivity index (χ1) is 6.57. The predicted molar refractivity (Wildman–Crippen MR) is 37.1 cm³/mol. The summed E-state index contributed by atoms with van der Waals surface area (Å²) in [5, 5.41) is 0. The standard InChI is InChI=1S/C7H8F6O2/c1-4(14)15-3-2-6(9,10)5(8)7(11,12)13/h5H,2-3H2,1H3. The molecular weight excluding hydrogens is 230 g/mol. The molecule has 0 radical (unpaired) electrons. The van der Waals surface area contributed by atoms with Crippen molar-refractivity contribution in [2.75, 3.05) is 6.61 Å². The highest BCUT2D eigenvalue weighted by molar-refractivity contribution is 5.65. The van der Waals surface area contributed by atoms with E-state index in [-0.39, 0.29) is 0 Å². The van der Waals surface area contributed by atoms with Gasteiger partial charge in [0, 0.05) is 13.3 Å². The maximum atomic E-state index is 12.5. The quantitative estimate of drug-likeness (QED) is 0.555. The molecule has 0 aromatic rings. The molecule has 0 aromatic carbocycles. The van der Waals surface area contributed by atoms with E-state index in [9.17, 15) is 31.1 Å². The fourth-order valence-electron chi connectivity index (χ4n) is 0.697. The molecule has 0 spiro atoms. The van der Waals surface area contributed by atoms with Crippen LogP contribution >= 0.6 is 0 Å². The van der Waals surface area contributed by atoms with Crippen LogP contribution < -0.4 is 0 Å². The van der Waals surface area contributed by atoms with Crippen molar-refractivity contribution in [1.29, 1.82) is 0 Å². The van der Waals surface area contributed by atoms with Crippen LogP contribution in [-0.4, -0.2) is 30.8 Å². The molecule has 0 saturated heterocycles. The van der Waals surface area contributed by atoms with Gasteiger partial charge in [0.1, 0.15) is 0 Å². The third-order valence-electron chi connectivity index (χ3n) is 1.40. The average molecular weight is 238 g/mol. The molecular formula is C7H8F6O2. The van der Waals surface area contributed by atoms with Crippen molar-refractivity contribution in [2.45, 2.75) is 31.6 Å². The molecule has 0 heterocycles. The molecule has 15 heavy (non-hydrogen) atoms. The summed E-state index contributed by atoms with van der Waals surface area (Å²) in [5.41, 5.74) is 0. The maximum absolute atomic E-state index is 12.5. The Bertz CT molecular complexity index is 224. The number of carbonyl (C=O) groups excluding carboxylic acids is 1. The van der Waals surface area contributed by atoms with Crippen LogP contribution in [0.25, 0.3) is 0 Å². The van der Waals surface area contributed by atoms with Crippen LogP contribution in [0.3, 0.4) is 0 Å². The van der Waals surface area contributed by atoms with E-state index < -0.39 is 37.3 Å². The minimum Gasteiger partial charge on any atom is -0.466 e. The molecule has 0 amide bonds. The summed E-state index contributed by atoms with van der Waals surface area (Å²) in [6.45, 7) is -0.0618.